The fourth-order valence-corrected chi connectivity index (χ4v) is 3.22. The van der Waals surface area contributed by atoms with Crippen LogP contribution in [0.4, 0.5) is 0 Å². The molecule has 0 spiro atoms. The lowest BCUT2D eigenvalue weighted by atomic mass is 9.99. The summed E-state index contributed by atoms with van der Waals surface area (Å²) in [6.45, 7) is 12.6. The summed E-state index contributed by atoms with van der Waals surface area (Å²) in [5.74, 6) is 0.752. The van der Waals surface area contributed by atoms with Crippen LogP contribution in [0.3, 0.4) is 0 Å². The van der Waals surface area contributed by atoms with Crippen molar-refractivity contribution in [2.24, 2.45) is 5.92 Å². The van der Waals surface area contributed by atoms with Crippen molar-refractivity contribution in [1.82, 2.24) is 0 Å². The summed E-state index contributed by atoms with van der Waals surface area (Å²) in [6, 6.07) is 0. The Morgan fingerprint density at radius 2 is 1.32 bits per heavy atom. The van der Waals surface area contributed by atoms with Crippen LogP contribution in [-0.4, -0.2) is 16.4 Å². The van der Waals surface area contributed by atoms with Gasteiger partial charge in [0.25, 0.3) is 0 Å². The Balaban J connectivity index is 3.19. The normalized spacial score (nSPS) is 12.9. The fourth-order valence-electron chi connectivity index (χ4n) is 2.02. The highest BCUT2D eigenvalue weighted by Crippen LogP contribution is 2.32. The Morgan fingerprint density at radius 1 is 0.842 bits per heavy atom. The van der Waals surface area contributed by atoms with E-state index in [1.807, 2.05) is 0 Å². The molecule has 19 heavy (non-hydrogen) atoms. The molecule has 0 N–H and O–H groups in total. The van der Waals surface area contributed by atoms with E-state index in [-0.39, 0.29) is 9.76 Å². The molecule has 2 heteroatoms. The van der Waals surface area contributed by atoms with Gasteiger partial charge in [0.05, 0.1) is 0 Å². The van der Waals surface area contributed by atoms with Gasteiger partial charge in [0, 0.05) is 6.61 Å². The van der Waals surface area contributed by atoms with Gasteiger partial charge in [-0.3, -0.25) is 0 Å². The van der Waals surface area contributed by atoms with E-state index in [1.165, 1.54) is 57.8 Å². The minimum atomic E-state index is -0.362. The van der Waals surface area contributed by atoms with Crippen molar-refractivity contribution in [3.05, 3.63) is 0 Å². The van der Waals surface area contributed by atoms with Crippen molar-refractivity contribution in [3.63, 3.8) is 0 Å². The van der Waals surface area contributed by atoms with Gasteiger partial charge in [-0.2, -0.15) is 0 Å². The number of hydrogen-bond donors (Lipinski definition) is 0. The Bertz CT molecular complexity index is 190. The second kappa shape index (κ2) is 12.0. The molecule has 0 aromatic heterocycles. The molecule has 0 aromatic rings. The molecule has 0 fully saturated rings. The third kappa shape index (κ3) is 11.7. The van der Waals surface area contributed by atoms with Crippen LogP contribution in [0.2, 0.25) is 5.04 Å². The summed E-state index contributed by atoms with van der Waals surface area (Å²) >= 11 is 0. The fraction of sp³-hybridized carbons (Fsp3) is 1.00. The van der Waals surface area contributed by atoms with Crippen molar-refractivity contribution < 1.29 is 4.43 Å². The maximum Gasteiger partial charge on any atom is 0.167 e. The maximum absolute atomic E-state index is 5.96. The third-order valence-electron chi connectivity index (χ3n) is 4.43. The van der Waals surface area contributed by atoms with Crippen molar-refractivity contribution in [2.75, 3.05) is 6.61 Å². The SMILES string of the molecule is CCCCCCCCCCCO[SiH2]C(C)(C)C(C)C. The van der Waals surface area contributed by atoms with Crippen LogP contribution in [0.15, 0.2) is 0 Å². The second-order valence-electron chi connectivity index (χ2n) is 7.02. The maximum atomic E-state index is 5.96. The van der Waals surface area contributed by atoms with Crippen molar-refractivity contribution in [1.29, 1.82) is 0 Å². The van der Waals surface area contributed by atoms with E-state index in [4.69, 9.17) is 4.43 Å². The van der Waals surface area contributed by atoms with Gasteiger partial charge in [-0.1, -0.05) is 86.0 Å². The first-order valence-electron chi connectivity index (χ1n) is 8.58. The molecule has 0 atom stereocenters. The second-order valence-corrected chi connectivity index (χ2v) is 9.54. The summed E-state index contributed by atoms with van der Waals surface area (Å²) in [6.07, 6.45) is 12.6. The van der Waals surface area contributed by atoms with E-state index >= 15 is 0 Å². The quantitative estimate of drug-likeness (QED) is 0.322. The molecule has 0 bridgehead atoms. The number of rotatable bonds is 13. The topological polar surface area (TPSA) is 9.23 Å². The number of unbranched alkanes of at least 4 members (excludes halogenated alkanes) is 8. The van der Waals surface area contributed by atoms with Gasteiger partial charge >= 0.3 is 0 Å². The highest BCUT2D eigenvalue weighted by Gasteiger charge is 2.23. The molecule has 1 nitrogen and oxygen atoms in total. The van der Waals surface area contributed by atoms with Crippen LogP contribution in [0.1, 0.15) is 92.4 Å². The molecular formula is C17H38OSi. The van der Waals surface area contributed by atoms with E-state index in [1.54, 1.807) is 0 Å². The molecule has 0 saturated carbocycles. The predicted octanol–water partition coefficient (Wildman–Crippen LogP) is 5.47. The first-order chi connectivity index (χ1) is 9.00. The Labute approximate surface area is 124 Å². The Hall–Kier alpha value is 0.177. The Morgan fingerprint density at radius 3 is 1.79 bits per heavy atom. The van der Waals surface area contributed by atoms with Crippen LogP contribution in [0, 0.1) is 5.92 Å². The van der Waals surface area contributed by atoms with Crippen molar-refractivity contribution >= 4 is 9.76 Å². The number of hydrogen-bond acceptors (Lipinski definition) is 1. The smallest absolute Gasteiger partial charge is 0.167 e. The molecule has 0 saturated heterocycles. The summed E-state index contributed by atoms with van der Waals surface area (Å²) in [4.78, 5) is 0. The highest BCUT2D eigenvalue weighted by molar-refractivity contribution is 6.32. The van der Waals surface area contributed by atoms with Gasteiger partial charge in [-0.05, 0) is 17.4 Å². The van der Waals surface area contributed by atoms with Crippen LogP contribution in [0.5, 0.6) is 0 Å². The van der Waals surface area contributed by atoms with Gasteiger partial charge in [0.2, 0.25) is 0 Å². The molecule has 0 radical (unpaired) electrons. The van der Waals surface area contributed by atoms with Gasteiger partial charge in [0.1, 0.15) is 0 Å². The average Bonchev–Trinajstić information content (AvgIpc) is 2.35. The predicted molar refractivity (Wildman–Crippen MR) is 90.6 cm³/mol. The summed E-state index contributed by atoms with van der Waals surface area (Å²) in [7, 11) is -0.362. The van der Waals surface area contributed by atoms with Crippen LogP contribution >= 0.6 is 0 Å². The molecule has 116 valence electrons. The molecule has 0 aromatic carbocycles. The molecule has 0 heterocycles. The summed E-state index contributed by atoms with van der Waals surface area (Å²) in [5, 5.41) is 0.458. The minimum Gasteiger partial charge on any atom is -0.423 e. The highest BCUT2D eigenvalue weighted by atomic mass is 28.2. The van der Waals surface area contributed by atoms with Crippen LogP contribution in [0.25, 0.3) is 0 Å². The van der Waals surface area contributed by atoms with E-state index in [2.05, 4.69) is 34.6 Å². The van der Waals surface area contributed by atoms with E-state index in [0.29, 0.717) is 5.04 Å². The lowest BCUT2D eigenvalue weighted by Gasteiger charge is -2.28. The molecule has 0 rings (SSSR count). The molecule has 0 aliphatic heterocycles. The molecule has 0 aliphatic rings. The molecule has 0 aliphatic carbocycles. The molecular weight excluding hydrogens is 248 g/mol. The summed E-state index contributed by atoms with van der Waals surface area (Å²) < 4.78 is 5.96. The third-order valence-corrected chi connectivity index (χ3v) is 6.48. The first kappa shape index (κ1) is 19.2. The van der Waals surface area contributed by atoms with E-state index in [9.17, 15) is 0 Å². The zero-order valence-corrected chi connectivity index (χ0v) is 15.7. The zero-order valence-electron chi connectivity index (χ0n) is 14.3. The van der Waals surface area contributed by atoms with Gasteiger partial charge in [-0.25, -0.2) is 0 Å². The zero-order chi connectivity index (χ0) is 14.6. The lowest BCUT2D eigenvalue weighted by molar-refractivity contribution is 0.291. The van der Waals surface area contributed by atoms with Gasteiger partial charge < -0.3 is 4.43 Å². The monoisotopic (exact) mass is 286 g/mol. The van der Waals surface area contributed by atoms with Crippen molar-refractivity contribution in [2.45, 2.75) is 97.4 Å². The molecule has 0 amide bonds. The van der Waals surface area contributed by atoms with Crippen LogP contribution < -0.4 is 0 Å². The molecule has 0 unspecified atom stereocenters. The summed E-state index contributed by atoms with van der Waals surface area (Å²) in [5.41, 5.74) is 0. The van der Waals surface area contributed by atoms with Crippen LogP contribution in [-0.2, 0) is 4.43 Å². The van der Waals surface area contributed by atoms with Crippen molar-refractivity contribution in [3.8, 4) is 0 Å². The average molecular weight is 287 g/mol. The van der Waals surface area contributed by atoms with E-state index < -0.39 is 0 Å². The van der Waals surface area contributed by atoms with E-state index in [0.717, 1.165) is 12.5 Å². The Kier molecular flexibility index (Phi) is 12.1. The first-order valence-corrected chi connectivity index (χ1v) is 9.87. The lowest BCUT2D eigenvalue weighted by Crippen LogP contribution is -2.22. The van der Waals surface area contributed by atoms with Gasteiger partial charge in [-0.15, -0.1) is 0 Å². The largest absolute Gasteiger partial charge is 0.423 e. The van der Waals surface area contributed by atoms with Gasteiger partial charge in [0.15, 0.2) is 9.76 Å². The minimum absolute atomic E-state index is 0.362. The standard InChI is InChI=1S/C17H38OSi/c1-6-7-8-9-10-11-12-13-14-15-18-19-17(4,5)16(2)3/h16H,6-15,19H2,1-5H3.